The number of anilines is 1. The summed E-state index contributed by atoms with van der Waals surface area (Å²) >= 11 is 6.57. The molecule has 1 saturated carbocycles. The van der Waals surface area contributed by atoms with Crippen LogP contribution in [0.3, 0.4) is 0 Å². The molecule has 0 aromatic carbocycles. The predicted octanol–water partition coefficient (Wildman–Crippen LogP) is 5.51. The van der Waals surface area contributed by atoms with E-state index in [1.54, 1.807) is 6.20 Å². The average Bonchev–Trinajstić information content (AvgIpc) is 3.43. The maximum atomic E-state index is 6.57. The van der Waals surface area contributed by atoms with Crippen molar-refractivity contribution >= 4 is 17.4 Å². The molecular weight excluding hydrogens is 460 g/mol. The summed E-state index contributed by atoms with van der Waals surface area (Å²) in [4.78, 5) is 9.52. The molecular formula is C28H39ClN4O2. The van der Waals surface area contributed by atoms with Gasteiger partial charge in [0.15, 0.2) is 0 Å². The van der Waals surface area contributed by atoms with Crippen LogP contribution < -0.4 is 10.6 Å². The molecule has 3 fully saturated rings. The van der Waals surface area contributed by atoms with Gasteiger partial charge in [0.05, 0.1) is 23.4 Å². The van der Waals surface area contributed by atoms with Crippen LogP contribution in [0.15, 0.2) is 30.5 Å². The lowest BCUT2D eigenvalue weighted by molar-refractivity contribution is 0.0595. The van der Waals surface area contributed by atoms with E-state index in [0.717, 1.165) is 68.5 Å². The van der Waals surface area contributed by atoms with Crippen LogP contribution >= 0.6 is 11.6 Å². The molecule has 2 atom stereocenters. The smallest absolute Gasteiger partial charge is 0.126 e. The quantitative estimate of drug-likeness (QED) is 0.475. The Labute approximate surface area is 214 Å². The van der Waals surface area contributed by atoms with Crippen LogP contribution in [0.4, 0.5) is 5.82 Å². The first-order valence-electron chi connectivity index (χ1n) is 13.5. The summed E-state index contributed by atoms with van der Waals surface area (Å²) in [6.07, 6.45) is 12.9. The Bertz CT molecular complexity index is 938. The molecule has 2 N–H and O–H groups in total. The fourth-order valence-corrected chi connectivity index (χ4v) is 5.86. The van der Waals surface area contributed by atoms with Gasteiger partial charge in [0, 0.05) is 49.8 Å². The van der Waals surface area contributed by atoms with E-state index >= 15 is 0 Å². The number of nitrogens with zero attached hydrogens (tertiary/aromatic N) is 2. The van der Waals surface area contributed by atoms with Crippen LogP contribution in [0.1, 0.15) is 57.1 Å². The van der Waals surface area contributed by atoms with Crippen molar-refractivity contribution < 1.29 is 9.47 Å². The molecule has 4 heterocycles. The highest BCUT2D eigenvalue weighted by molar-refractivity contribution is 6.33. The second kappa shape index (κ2) is 12.5. The SMILES string of the molecule is Clc1cnc(CC2CCC(NC[C@H]3CCCO3)CC2)cc1-c1cccc(NCC2CCCOC2)n1. The zero-order valence-corrected chi connectivity index (χ0v) is 21.4. The van der Waals surface area contributed by atoms with E-state index in [1.807, 2.05) is 18.2 Å². The van der Waals surface area contributed by atoms with Crippen molar-refractivity contribution in [3.8, 4) is 11.3 Å². The molecule has 0 radical (unpaired) electrons. The third-order valence-electron chi connectivity index (χ3n) is 7.77. The minimum Gasteiger partial charge on any atom is -0.381 e. The van der Waals surface area contributed by atoms with Crippen LogP contribution in [0.25, 0.3) is 11.3 Å². The van der Waals surface area contributed by atoms with Crippen LogP contribution in [-0.4, -0.2) is 55.0 Å². The highest BCUT2D eigenvalue weighted by atomic mass is 35.5. The van der Waals surface area contributed by atoms with Crippen LogP contribution in [0.2, 0.25) is 5.02 Å². The molecule has 2 aliphatic heterocycles. The summed E-state index contributed by atoms with van der Waals surface area (Å²) in [5.74, 6) is 2.11. The average molecular weight is 499 g/mol. The lowest BCUT2D eigenvalue weighted by Gasteiger charge is -2.30. The molecule has 190 valence electrons. The molecule has 7 heteroatoms. The molecule has 0 spiro atoms. The van der Waals surface area contributed by atoms with Crippen molar-refractivity contribution in [1.29, 1.82) is 0 Å². The second-order valence-corrected chi connectivity index (χ2v) is 10.9. The summed E-state index contributed by atoms with van der Waals surface area (Å²) in [6.45, 7) is 4.55. The summed E-state index contributed by atoms with van der Waals surface area (Å²) in [5, 5.41) is 7.89. The number of hydrogen-bond donors (Lipinski definition) is 2. The highest BCUT2D eigenvalue weighted by Gasteiger charge is 2.24. The first-order valence-corrected chi connectivity index (χ1v) is 13.9. The van der Waals surface area contributed by atoms with E-state index in [1.165, 1.54) is 44.9 Å². The fraction of sp³-hybridized carbons (Fsp3) is 0.643. The number of hydrogen-bond acceptors (Lipinski definition) is 6. The van der Waals surface area contributed by atoms with Crippen molar-refractivity contribution in [2.24, 2.45) is 11.8 Å². The van der Waals surface area contributed by atoms with Crippen LogP contribution in [0.5, 0.6) is 0 Å². The minimum atomic E-state index is 0.424. The largest absolute Gasteiger partial charge is 0.381 e. The second-order valence-electron chi connectivity index (χ2n) is 10.5. The summed E-state index contributed by atoms with van der Waals surface area (Å²) in [6, 6.07) is 8.87. The number of halogens is 1. The Morgan fingerprint density at radius 1 is 0.971 bits per heavy atom. The lowest BCUT2D eigenvalue weighted by Crippen LogP contribution is -2.38. The highest BCUT2D eigenvalue weighted by Crippen LogP contribution is 2.31. The van der Waals surface area contributed by atoms with Gasteiger partial charge >= 0.3 is 0 Å². The normalized spacial score (nSPS) is 27.1. The van der Waals surface area contributed by atoms with E-state index < -0.39 is 0 Å². The molecule has 1 unspecified atom stereocenters. The summed E-state index contributed by atoms with van der Waals surface area (Å²) in [5.41, 5.74) is 2.97. The molecule has 5 rings (SSSR count). The zero-order chi connectivity index (χ0) is 23.9. The van der Waals surface area contributed by atoms with Crippen LogP contribution in [0, 0.1) is 11.8 Å². The first-order chi connectivity index (χ1) is 17.2. The van der Waals surface area contributed by atoms with E-state index in [4.69, 9.17) is 26.1 Å². The maximum Gasteiger partial charge on any atom is 0.126 e. The fourth-order valence-electron chi connectivity index (χ4n) is 5.66. The van der Waals surface area contributed by atoms with Gasteiger partial charge < -0.3 is 20.1 Å². The van der Waals surface area contributed by atoms with Gasteiger partial charge in [-0.3, -0.25) is 4.98 Å². The van der Waals surface area contributed by atoms with Crippen molar-refractivity contribution in [3.05, 3.63) is 41.2 Å². The number of nitrogens with one attached hydrogen (secondary N) is 2. The van der Waals surface area contributed by atoms with Gasteiger partial charge in [-0.05, 0) is 87.8 Å². The Kier molecular flexibility index (Phi) is 8.90. The predicted molar refractivity (Wildman–Crippen MR) is 141 cm³/mol. The molecule has 2 saturated heterocycles. The summed E-state index contributed by atoms with van der Waals surface area (Å²) in [7, 11) is 0. The Hall–Kier alpha value is -1.73. The molecule has 3 aliphatic rings. The third-order valence-corrected chi connectivity index (χ3v) is 8.07. The number of ether oxygens (including phenoxy) is 2. The first kappa shape index (κ1) is 24.9. The van der Waals surface area contributed by atoms with Crippen molar-refractivity contribution in [2.75, 3.05) is 38.2 Å². The molecule has 6 nitrogen and oxygen atoms in total. The van der Waals surface area contributed by atoms with Crippen molar-refractivity contribution in [2.45, 2.75) is 69.9 Å². The van der Waals surface area contributed by atoms with Gasteiger partial charge in [-0.15, -0.1) is 0 Å². The number of aromatic nitrogens is 2. The van der Waals surface area contributed by atoms with Gasteiger partial charge in [0.1, 0.15) is 5.82 Å². The van der Waals surface area contributed by atoms with Crippen molar-refractivity contribution in [1.82, 2.24) is 15.3 Å². The third kappa shape index (κ3) is 7.16. The maximum absolute atomic E-state index is 6.57. The number of rotatable bonds is 9. The van der Waals surface area contributed by atoms with Gasteiger partial charge in [-0.25, -0.2) is 4.98 Å². The Morgan fingerprint density at radius 2 is 1.86 bits per heavy atom. The standard InChI is InChI=1S/C28H39ClN4O2/c29-26-18-31-23(14-20-8-10-22(11-9-20)30-17-24-5-3-13-35-24)15-25(26)27-6-1-7-28(33-27)32-16-21-4-2-12-34-19-21/h1,6-7,15,18,20-22,24,30H,2-5,8-14,16-17,19H2,(H,32,33)/t20?,21?,22?,24-/m1/s1. The molecule has 1 aliphatic carbocycles. The number of pyridine rings is 2. The molecule has 0 amide bonds. The van der Waals surface area contributed by atoms with E-state index in [2.05, 4.69) is 21.7 Å². The molecule has 2 aromatic heterocycles. The zero-order valence-electron chi connectivity index (χ0n) is 20.7. The van der Waals surface area contributed by atoms with Gasteiger partial charge in [0.25, 0.3) is 0 Å². The van der Waals surface area contributed by atoms with E-state index in [9.17, 15) is 0 Å². The Balaban J connectivity index is 1.15. The van der Waals surface area contributed by atoms with Gasteiger partial charge in [-0.1, -0.05) is 17.7 Å². The van der Waals surface area contributed by atoms with E-state index in [0.29, 0.717) is 29.0 Å². The molecule has 35 heavy (non-hydrogen) atoms. The van der Waals surface area contributed by atoms with Gasteiger partial charge in [0.2, 0.25) is 0 Å². The van der Waals surface area contributed by atoms with Crippen molar-refractivity contribution in [3.63, 3.8) is 0 Å². The van der Waals surface area contributed by atoms with E-state index in [-0.39, 0.29) is 0 Å². The molecule has 2 aromatic rings. The Morgan fingerprint density at radius 3 is 2.66 bits per heavy atom. The molecule has 0 bridgehead atoms. The van der Waals surface area contributed by atoms with Crippen LogP contribution in [-0.2, 0) is 15.9 Å². The topological polar surface area (TPSA) is 68.3 Å². The lowest BCUT2D eigenvalue weighted by atomic mass is 9.83. The minimum absolute atomic E-state index is 0.424. The monoisotopic (exact) mass is 498 g/mol. The summed E-state index contributed by atoms with van der Waals surface area (Å²) < 4.78 is 11.4. The van der Waals surface area contributed by atoms with Gasteiger partial charge in [-0.2, -0.15) is 0 Å².